The molecule has 0 fully saturated rings. The van der Waals surface area contributed by atoms with Gasteiger partial charge in [0.15, 0.2) is 5.78 Å². The van der Waals surface area contributed by atoms with Crippen molar-refractivity contribution in [3.63, 3.8) is 0 Å². The Morgan fingerprint density at radius 1 is 1.15 bits per heavy atom. The predicted molar refractivity (Wildman–Crippen MR) is 98.6 cm³/mol. The van der Waals surface area contributed by atoms with Crippen molar-refractivity contribution in [2.75, 3.05) is 13.2 Å². The molecule has 0 saturated heterocycles. The molecule has 5 nitrogen and oxygen atoms in total. The van der Waals surface area contributed by atoms with Crippen LogP contribution in [0.25, 0.3) is 0 Å². The van der Waals surface area contributed by atoms with E-state index >= 15 is 0 Å². The number of Topliss-reactive ketones (excluding diaryl/α,β-unsaturated/α-hetero) is 1. The molecule has 1 aliphatic rings. The van der Waals surface area contributed by atoms with Crippen molar-refractivity contribution in [3.8, 4) is 11.5 Å². The van der Waals surface area contributed by atoms with Gasteiger partial charge in [-0.15, -0.1) is 0 Å². The minimum absolute atomic E-state index is 0.00694. The van der Waals surface area contributed by atoms with Gasteiger partial charge < -0.3 is 14.8 Å². The molecule has 0 spiro atoms. The Morgan fingerprint density at radius 3 is 2.69 bits per heavy atom. The lowest BCUT2D eigenvalue weighted by Gasteiger charge is -2.26. The third-order valence-electron chi connectivity index (χ3n) is 4.37. The Kier molecular flexibility index (Phi) is 5.89. The summed E-state index contributed by atoms with van der Waals surface area (Å²) in [5, 5.41) is 3.08. The van der Waals surface area contributed by atoms with Crippen LogP contribution >= 0.6 is 0 Å². The number of ketones is 1. The van der Waals surface area contributed by atoms with Gasteiger partial charge in [0, 0.05) is 24.0 Å². The second kappa shape index (κ2) is 8.52. The fraction of sp³-hybridized carbons (Fsp3) is 0.333. The number of hydrogen-bond acceptors (Lipinski definition) is 4. The highest BCUT2D eigenvalue weighted by Gasteiger charge is 2.22. The minimum atomic E-state index is 0.00694. The minimum Gasteiger partial charge on any atom is -0.494 e. The molecule has 0 radical (unpaired) electrons. The Balaban J connectivity index is 1.42. The summed E-state index contributed by atoms with van der Waals surface area (Å²) in [4.78, 5) is 23.4. The van der Waals surface area contributed by atoms with Gasteiger partial charge in [0.05, 0.1) is 19.3 Å². The number of ether oxygens (including phenoxy) is 2. The Hall–Kier alpha value is -2.82. The third-order valence-corrected chi connectivity index (χ3v) is 4.37. The molecule has 1 atom stereocenters. The molecular formula is C21H23NO4. The van der Waals surface area contributed by atoms with Gasteiger partial charge in [-0.05, 0) is 43.7 Å². The maximum absolute atomic E-state index is 12.2. The number of amides is 1. The van der Waals surface area contributed by atoms with Crippen molar-refractivity contribution in [2.45, 2.75) is 32.2 Å². The number of para-hydroxylation sites is 1. The Bertz CT molecular complexity index is 770. The second-order valence-corrected chi connectivity index (χ2v) is 6.33. The van der Waals surface area contributed by atoms with Crippen LogP contribution in [0.2, 0.25) is 0 Å². The van der Waals surface area contributed by atoms with Crippen molar-refractivity contribution in [2.24, 2.45) is 0 Å². The topological polar surface area (TPSA) is 64.6 Å². The van der Waals surface area contributed by atoms with Crippen LogP contribution in [0.4, 0.5) is 0 Å². The fourth-order valence-electron chi connectivity index (χ4n) is 2.97. The molecule has 136 valence electrons. The van der Waals surface area contributed by atoms with Crippen LogP contribution in [-0.2, 0) is 4.79 Å². The SMILES string of the molecule is CC(=O)c1ccc(OCCCC(=O)NC2CCOc3ccccc32)cc1. The van der Waals surface area contributed by atoms with E-state index < -0.39 is 0 Å². The standard InChI is InChI=1S/C21H23NO4/c1-15(23)16-8-10-17(11-9-16)25-13-4-7-21(24)22-19-12-14-26-20-6-3-2-5-18(19)20/h2-3,5-6,8-11,19H,4,7,12-14H2,1H3,(H,22,24). The van der Waals surface area contributed by atoms with Crippen LogP contribution in [-0.4, -0.2) is 24.9 Å². The zero-order valence-electron chi connectivity index (χ0n) is 14.9. The number of fused-ring (bicyclic) bond motifs is 1. The fourth-order valence-corrected chi connectivity index (χ4v) is 2.97. The molecule has 0 bridgehead atoms. The molecule has 1 aliphatic heterocycles. The highest BCUT2D eigenvalue weighted by molar-refractivity contribution is 5.94. The van der Waals surface area contributed by atoms with E-state index in [1.54, 1.807) is 24.3 Å². The van der Waals surface area contributed by atoms with Crippen molar-refractivity contribution in [1.82, 2.24) is 5.32 Å². The van der Waals surface area contributed by atoms with Gasteiger partial charge in [-0.3, -0.25) is 9.59 Å². The maximum atomic E-state index is 12.2. The van der Waals surface area contributed by atoms with E-state index in [0.717, 1.165) is 17.7 Å². The maximum Gasteiger partial charge on any atom is 0.220 e. The van der Waals surface area contributed by atoms with E-state index in [1.165, 1.54) is 6.92 Å². The molecular weight excluding hydrogens is 330 g/mol. The first-order valence-corrected chi connectivity index (χ1v) is 8.88. The van der Waals surface area contributed by atoms with Gasteiger partial charge in [0.2, 0.25) is 5.91 Å². The average molecular weight is 353 g/mol. The lowest BCUT2D eigenvalue weighted by atomic mass is 10.0. The molecule has 2 aromatic rings. The van der Waals surface area contributed by atoms with E-state index in [2.05, 4.69) is 5.32 Å². The number of rotatable bonds is 7. The molecule has 5 heteroatoms. The molecule has 1 N–H and O–H groups in total. The van der Waals surface area contributed by atoms with E-state index in [0.29, 0.717) is 37.4 Å². The van der Waals surface area contributed by atoms with Crippen molar-refractivity contribution in [1.29, 1.82) is 0 Å². The molecule has 1 unspecified atom stereocenters. The second-order valence-electron chi connectivity index (χ2n) is 6.33. The van der Waals surface area contributed by atoms with Gasteiger partial charge in [0.1, 0.15) is 11.5 Å². The molecule has 0 aliphatic carbocycles. The monoisotopic (exact) mass is 353 g/mol. The summed E-state index contributed by atoms with van der Waals surface area (Å²) in [7, 11) is 0. The van der Waals surface area contributed by atoms with Gasteiger partial charge in [-0.2, -0.15) is 0 Å². The summed E-state index contributed by atoms with van der Waals surface area (Å²) >= 11 is 0. The van der Waals surface area contributed by atoms with Crippen molar-refractivity contribution in [3.05, 3.63) is 59.7 Å². The normalized spacial score (nSPS) is 15.5. The predicted octanol–water partition coefficient (Wildman–Crippen LogP) is 3.69. The van der Waals surface area contributed by atoms with E-state index in [9.17, 15) is 9.59 Å². The highest BCUT2D eigenvalue weighted by Crippen LogP contribution is 2.31. The van der Waals surface area contributed by atoms with Crippen LogP contribution in [0.15, 0.2) is 48.5 Å². The molecule has 26 heavy (non-hydrogen) atoms. The van der Waals surface area contributed by atoms with Crippen LogP contribution in [0, 0.1) is 0 Å². The van der Waals surface area contributed by atoms with Gasteiger partial charge in [0.25, 0.3) is 0 Å². The summed E-state index contributed by atoms with van der Waals surface area (Å²) in [5.41, 5.74) is 1.70. The number of carbonyl (C=O) groups is 2. The highest BCUT2D eigenvalue weighted by atomic mass is 16.5. The van der Waals surface area contributed by atoms with Crippen LogP contribution in [0.5, 0.6) is 11.5 Å². The number of hydrogen-bond donors (Lipinski definition) is 1. The molecule has 0 aromatic heterocycles. The zero-order chi connectivity index (χ0) is 18.4. The Labute approximate surface area is 153 Å². The summed E-state index contributed by atoms with van der Waals surface area (Å²) in [6.07, 6.45) is 1.82. The van der Waals surface area contributed by atoms with E-state index in [-0.39, 0.29) is 17.7 Å². The van der Waals surface area contributed by atoms with Gasteiger partial charge in [-0.25, -0.2) is 0 Å². The van der Waals surface area contributed by atoms with E-state index in [4.69, 9.17) is 9.47 Å². The first-order chi connectivity index (χ1) is 12.6. The number of carbonyl (C=O) groups excluding carboxylic acids is 2. The smallest absolute Gasteiger partial charge is 0.220 e. The number of nitrogens with one attached hydrogen (secondary N) is 1. The quantitative estimate of drug-likeness (QED) is 0.609. The van der Waals surface area contributed by atoms with Crippen LogP contribution in [0.1, 0.15) is 48.1 Å². The summed E-state index contributed by atoms with van der Waals surface area (Å²) in [5.74, 6) is 1.60. The molecule has 2 aromatic carbocycles. The zero-order valence-corrected chi connectivity index (χ0v) is 14.9. The lowest BCUT2D eigenvalue weighted by Crippen LogP contribution is -2.32. The summed E-state index contributed by atoms with van der Waals surface area (Å²) in [6.45, 7) is 2.60. The molecule has 0 saturated carbocycles. The first-order valence-electron chi connectivity index (χ1n) is 8.88. The molecule has 1 heterocycles. The van der Waals surface area contributed by atoms with Crippen LogP contribution in [0.3, 0.4) is 0 Å². The summed E-state index contributed by atoms with van der Waals surface area (Å²) in [6, 6.07) is 14.9. The third kappa shape index (κ3) is 4.63. The van der Waals surface area contributed by atoms with Crippen molar-refractivity contribution >= 4 is 11.7 Å². The summed E-state index contributed by atoms with van der Waals surface area (Å²) < 4.78 is 11.2. The van der Waals surface area contributed by atoms with Crippen LogP contribution < -0.4 is 14.8 Å². The number of benzene rings is 2. The van der Waals surface area contributed by atoms with Crippen molar-refractivity contribution < 1.29 is 19.1 Å². The lowest BCUT2D eigenvalue weighted by molar-refractivity contribution is -0.122. The van der Waals surface area contributed by atoms with Gasteiger partial charge >= 0.3 is 0 Å². The molecule has 1 amide bonds. The largest absolute Gasteiger partial charge is 0.494 e. The molecule has 3 rings (SSSR count). The van der Waals surface area contributed by atoms with Gasteiger partial charge in [-0.1, -0.05) is 18.2 Å². The van der Waals surface area contributed by atoms with E-state index in [1.807, 2.05) is 24.3 Å². The Morgan fingerprint density at radius 2 is 1.92 bits per heavy atom. The average Bonchev–Trinajstić information content (AvgIpc) is 2.66. The first kappa shape index (κ1) is 18.0.